The number of hydrogen-bond donors (Lipinski definition) is 0. The molecule has 2 fully saturated rings. The number of fused-ring (bicyclic) bond motifs is 1. The summed E-state index contributed by atoms with van der Waals surface area (Å²) in [4.78, 5) is 4.81. The summed E-state index contributed by atoms with van der Waals surface area (Å²) < 4.78 is 28.6. The molecule has 128 valence electrons. The lowest BCUT2D eigenvalue weighted by Gasteiger charge is -2.29. The number of aryl methyl sites for hydroxylation is 1. The van der Waals surface area contributed by atoms with Crippen LogP contribution in [0.3, 0.4) is 0 Å². The van der Waals surface area contributed by atoms with Crippen LogP contribution in [0, 0.1) is 12.8 Å². The predicted octanol–water partition coefficient (Wildman–Crippen LogP) is 3.89. The fourth-order valence-electron chi connectivity index (χ4n) is 4.52. The van der Waals surface area contributed by atoms with Gasteiger partial charge in [-0.05, 0) is 62.3 Å². The molecule has 0 radical (unpaired) electrons. The molecule has 1 aliphatic carbocycles. The number of rotatable bonds is 3. The Morgan fingerprint density at radius 1 is 1.08 bits per heavy atom. The number of nitrogens with zero attached hydrogens (tertiary/aromatic N) is 2. The second kappa shape index (κ2) is 6.12. The van der Waals surface area contributed by atoms with E-state index in [2.05, 4.69) is 4.98 Å². The summed E-state index contributed by atoms with van der Waals surface area (Å²) >= 11 is 0. The number of hydrogen-bond acceptors (Lipinski definition) is 3. The zero-order valence-electron chi connectivity index (χ0n) is 14.1. The highest BCUT2D eigenvalue weighted by molar-refractivity contribution is 7.89. The van der Waals surface area contributed by atoms with Crippen LogP contribution in [0.25, 0.3) is 10.9 Å². The van der Waals surface area contributed by atoms with E-state index >= 15 is 0 Å². The van der Waals surface area contributed by atoms with Crippen LogP contribution in [0.2, 0.25) is 0 Å². The Labute approximate surface area is 143 Å². The van der Waals surface area contributed by atoms with Gasteiger partial charge in [-0.3, -0.25) is 4.98 Å². The van der Waals surface area contributed by atoms with Gasteiger partial charge in [0.2, 0.25) is 10.0 Å². The lowest BCUT2D eigenvalue weighted by Crippen LogP contribution is -2.39. The van der Waals surface area contributed by atoms with E-state index in [9.17, 15) is 8.42 Å². The fourth-order valence-corrected chi connectivity index (χ4v) is 6.46. The smallest absolute Gasteiger partial charge is 0.244 e. The molecule has 1 atom stereocenters. The lowest BCUT2D eigenvalue weighted by atomic mass is 9.97. The van der Waals surface area contributed by atoms with Crippen LogP contribution in [0.5, 0.6) is 0 Å². The molecule has 0 amide bonds. The Morgan fingerprint density at radius 3 is 2.67 bits per heavy atom. The van der Waals surface area contributed by atoms with E-state index in [4.69, 9.17) is 0 Å². The van der Waals surface area contributed by atoms with Crippen molar-refractivity contribution in [3.63, 3.8) is 0 Å². The monoisotopic (exact) mass is 344 g/mol. The van der Waals surface area contributed by atoms with Crippen molar-refractivity contribution in [2.24, 2.45) is 5.92 Å². The fraction of sp³-hybridized carbons (Fsp3) is 0.526. The summed E-state index contributed by atoms with van der Waals surface area (Å²) in [7, 11) is -3.48. The maximum atomic E-state index is 13.4. The Kier molecular flexibility index (Phi) is 4.09. The number of aromatic nitrogens is 1. The van der Waals surface area contributed by atoms with Crippen LogP contribution >= 0.6 is 0 Å². The van der Waals surface area contributed by atoms with E-state index in [-0.39, 0.29) is 6.04 Å². The zero-order valence-corrected chi connectivity index (χ0v) is 14.9. The molecule has 1 aromatic carbocycles. The highest BCUT2D eigenvalue weighted by Crippen LogP contribution is 2.39. The molecule has 2 heterocycles. The molecular formula is C19H24N2O2S. The third kappa shape index (κ3) is 2.54. The first-order valence-electron chi connectivity index (χ1n) is 8.95. The molecule has 1 aromatic heterocycles. The molecule has 0 bridgehead atoms. The van der Waals surface area contributed by atoms with Gasteiger partial charge in [0.25, 0.3) is 0 Å². The van der Waals surface area contributed by atoms with Crippen LogP contribution in [-0.4, -0.2) is 30.3 Å². The molecule has 4 rings (SSSR count). The summed E-state index contributed by atoms with van der Waals surface area (Å²) in [5.74, 6) is 0.539. The summed E-state index contributed by atoms with van der Waals surface area (Å²) in [6.07, 6.45) is 8.54. The molecule has 0 unspecified atom stereocenters. The number of benzene rings is 1. The van der Waals surface area contributed by atoms with Crippen molar-refractivity contribution in [2.45, 2.75) is 56.4 Å². The molecule has 24 heavy (non-hydrogen) atoms. The van der Waals surface area contributed by atoms with Crippen molar-refractivity contribution >= 4 is 20.9 Å². The van der Waals surface area contributed by atoms with E-state index in [0.717, 1.165) is 29.3 Å². The second-order valence-electron chi connectivity index (χ2n) is 7.15. The molecule has 1 saturated carbocycles. The van der Waals surface area contributed by atoms with Crippen molar-refractivity contribution in [1.82, 2.24) is 9.29 Å². The minimum absolute atomic E-state index is 0.186. The van der Waals surface area contributed by atoms with Crippen LogP contribution in [0.4, 0.5) is 0 Å². The quantitative estimate of drug-likeness (QED) is 0.849. The van der Waals surface area contributed by atoms with Gasteiger partial charge in [-0.25, -0.2) is 8.42 Å². The van der Waals surface area contributed by atoms with Gasteiger partial charge in [-0.1, -0.05) is 18.9 Å². The van der Waals surface area contributed by atoms with Gasteiger partial charge in [0.15, 0.2) is 0 Å². The molecular weight excluding hydrogens is 320 g/mol. The van der Waals surface area contributed by atoms with Crippen molar-refractivity contribution < 1.29 is 8.42 Å². The number of sulfonamides is 1. The van der Waals surface area contributed by atoms with Crippen molar-refractivity contribution in [2.75, 3.05) is 6.54 Å². The Bertz CT molecular complexity index is 857. The summed E-state index contributed by atoms with van der Waals surface area (Å²) in [6.45, 7) is 2.63. The third-order valence-corrected chi connectivity index (χ3v) is 7.69. The van der Waals surface area contributed by atoms with E-state index in [0.29, 0.717) is 17.4 Å². The largest absolute Gasteiger partial charge is 0.256 e. The Morgan fingerprint density at radius 2 is 1.88 bits per heavy atom. The van der Waals surface area contributed by atoms with Crippen molar-refractivity contribution in [1.29, 1.82) is 0 Å². The lowest BCUT2D eigenvalue weighted by molar-refractivity contribution is 0.288. The van der Waals surface area contributed by atoms with Crippen LogP contribution in [0.15, 0.2) is 35.4 Å². The van der Waals surface area contributed by atoms with E-state index in [1.54, 1.807) is 16.6 Å². The topological polar surface area (TPSA) is 50.3 Å². The zero-order chi connectivity index (χ0) is 16.7. The van der Waals surface area contributed by atoms with Gasteiger partial charge in [0.1, 0.15) is 0 Å². The average molecular weight is 344 g/mol. The van der Waals surface area contributed by atoms with Crippen molar-refractivity contribution in [3.05, 3.63) is 36.0 Å². The molecule has 4 nitrogen and oxygen atoms in total. The first kappa shape index (κ1) is 16.0. The molecule has 0 spiro atoms. The maximum absolute atomic E-state index is 13.4. The van der Waals surface area contributed by atoms with Crippen molar-refractivity contribution in [3.8, 4) is 0 Å². The van der Waals surface area contributed by atoms with Gasteiger partial charge >= 0.3 is 0 Å². The highest BCUT2D eigenvalue weighted by atomic mass is 32.2. The molecule has 1 aliphatic heterocycles. The molecule has 5 heteroatoms. The summed E-state index contributed by atoms with van der Waals surface area (Å²) in [6, 6.07) is 7.52. The van der Waals surface area contributed by atoms with E-state index < -0.39 is 10.0 Å². The normalized spacial score (nSPS) is 23.3. The minimum Gasteiger partial charge on any atom is -0.256 e. The predicted molar refractivity (Wildman–Crippen MR) is 95.4 cm³/mol. The SMILES string of the molecule is Cc1ccc(S(=O)(=O)N2CCC[C@H]2C2CCCC2)c2cccnc12. The highest BCUT2D eigenvalue weighted by Gasteiger charge is 2.40. The average Bonchev–Trinajstić information content (AvgIpc) is 3.26. The van der Waals surface area contributed by atoms with Crippen LogP contribution in [-0.2, 0) is 10.0 Å². The Balaban J connectivity index is 1.79. The molecule has 2 aromatic rings. The van der Waals surface area contributed by atoms with E-state index in [1.165, 1.54) is 25.7 Å². The Hall–Kier alpha value is -1.46. The van der Waals surface area contributed by atoms with E-state index in [1.807, 2.05) is 25.1 Å². The van der Waals surface area contributed by atoms with Gasteiger partial charge < -0.3 is 0 Å². The molecule has 2 aliphatic rings. The van der Waals surface area contributed by atoms with Gasteiger partial charge in [-0.15, -0.1) is 0 Å². The van der Waals surface area contributed by atoms with Gasteiger partial charge in [0.05, 0.1) is 10.4 Å². The maximum Gasteiger partial charge on any atom is 0.244 e. The van der Waals surface area contributed by atoms with Gasteiger partial charge in [0, 0.05) is 24.2 Å². The summed E-state index contributed by atoms with van der Waals surface area (Å²) in [5.41, 5.74) is 1.80. The number of pyridine rings is 1. The van der Waals surface area contributed by atoms with Gasteiger partial charge in [-0.2, -0.15) is 4.31 Å². The van der Waals surface area contributed by atoms with Crippen LogP contribution < -0.4 is 0 Å². The second-order valence-corrected chi connectivity index (χ2v) is 9.01. The minimum atomic E-state index is -3.48. The first-order valence-corrected chi connectivity index (χ1v) is 10.4. The van der Waals surface area contributed by atoms with Crippen LogP contribution in [0.1, 0.15) is 44.1 Å². The third-order valence-electron chi connectivity index (χ3n) is 5.71. The molecule has 1 saturated heterocycles. The summed E-state index contributed by atoms with van der Waals surface area (Å²) in [5, 5.41) is 0.745. The molecule has 0 N–H and O–H groups in total. The first-order chi connectivity index (χ1) is 11.6. The standard InChI is InChI=1S/C19H24N2O2S/c1-14-10-11-18(16-8-4-12-20-19(14)16)24(22,23)21-13-5-9-17(21)15-6-2-3-7-15/h4,8,10-12,15,17H,2-3,5-7,9,13H2,1H3/t17-/m0/s1.